The lowest BCUT2D eigenvalue weighted by Gasteiger charge is -2.62. The van der Waals surface area contributed by atoms with Crippen molar-refractivity contribution in [2.45, 2.75) is 98.4 Å². The Morgan fingerprint density at radius 1 is 1.14 bits per heavy atom. The summed E-state index contributed by atoms with van der Waals surface area (Å²) in [4.78, 5) is 14.4. The Hall–Kier alpha value is -0.790. The molecule has 29 heavy (non-hydrogen) atoms. The molecule has 164 valence electrons. The van der Waals surface area contributed by atoms with Gasteiger partial charge in [-0.05, 0) is 85.5 Å². The smallest absolute Gasteiger partial charge is 0.246 e. The van der Waals surface area contributed by atoms with Crippen molar-refractivity contribution >= 4 is 5.91 Å². The zero-order chi connectivity index (χ0) is 21.0. The molecule has 3 fully saturated rings. The van der Waals surface area contributed by atoms with Crippen LogP contribution in [0.2, 0.25) is 0 Å². The highest BCUT2D eigenvalue weighted by atomic mass is 16.2. The van der Waals surface area contributed by atoms with E-state index in [4.69, 9.17) is 0 Å². The summed E-state index contributed by atoms with van der Waals surface area (Å²) >= 11 is 0. The second-order valence-electron chi connectivity index (χ2n) is 12.2. The third-order valence-corrected chi connectivity index (χ3v) is 10.3. The van der Waals surface area contributed by atoms with Crippen molar-refractivity contribution in [1.29, 1.82) is 0 Å². The minimum atomic E-state index is 0.177. The van der Waals surface area contributed by atoms with E-state index in [9.17, 15) is 4.79 Å². The lowest BCUT2D eigenvalue weighted by molar-refractivity contribution is -0.144. The molecule has 1 aliphatic heterocycles. The number of fused-ring (bicyclic) bond motifs is 5. The molecule has 8 atom stereocenters. The molecule has 1 heterocycles. The molecule has 0 saturated heterocycles. The van der Waals surface area contributed by atoms with Gasteiger partial charge in [0.1, 0.15) is 0 Å². The number of hydrogen-bond donors (Lipinski definition) is 0. The lowest BCUT2D eigenvalue weighted by atomic mass is 9.45. The number of unbranched alkanes of at least 4 members (excludes halogenated alkanes) is 1. The average molecular weight is 400 g/mol. The highest BCUT2D eigenvalue weighted by Crippen LogP contribution is 2.67. The molecule has 3 saturated carbocycles. The number of likely N-dealkylation sites (N-methyl/N-ethyl adjacent to an activating group) is 1. The van der Waals surface area contributed by atoms with Crippen LogP contribution >= 0.6 is 0 Å². The summed E-state index contributed by atoms with van der Waals surface area (Å²) in [7, 11) is 2.04. The normalized spacial score (nSPS) is 46.6. The molecule has 0 aromatic carbocycles. The highest BCUT2D eigenvalue weighted by Gasteiger charge is 2.61. The zero-order valence-electron chi connectivity index (χ0n) is 19.9. The Bertz CT molecular complexity index is 653. The predicted octanol–water partition coefficient (Wildman–Crippen LogP) is 6.70. The van der Waals surface area contributed by atoms with Gasteiger partial charge in [-0.25, -0.2) is 0 Å². The molecule has 0 spiro atoms. The lowest BCUT2D eigenvalue weighted by Crippen LogP contribution is -2.61. The molecule has 4 aliphatic rings. The summed E-state index contributed by atoms with van der Waals surface area (Å²) < 4.78 is 0. The molecule has 3 aliphatic carbocycles. The first-order valence-electron chi connectivity index (χ1n) is 12.6. The fourth-order valence-electron chi connectivity index (χ4n) is 8.58. The molecule has 2 heteroatoms. The minimum Gasteiger partial charge on any atom is -0.338 e. The summed E-state index contributed by atoms with van der Waals surface area (Å²) in [6, 6.07) is 0.397. The maximum atomic E-state index is 12.3. The van der Waals surface area contributed by atoms with Crippen LogP contribution < -0.4 is 0 Å². The number of hydrogen-bond acceptors (Lipinski definition) is 1. The highest BCUT2D eigenvalue weighted by molar-refractivity contribution is 5.89. The van der Waals surface area contributed by atoms with E-state index in [1.807, 2.05) is 13.1 Å². The van der Waals surface area contributed by atoms with Crippen molar-refractivity contribution < 1.29 is 4.79 Å². The van der Waals surface area contributed by atoms with E-state index in [2.05, 4.69) is 45.6 Å². The molecule has 0 radical (unpaired) electrons. The van der Waals surface area contributed by atoms with E-state index in [0.717, 1.165) is 35.5 Å². The van der Waals surface area contributed by atoms with Gasteiger partial charge in [0.2, 0.25) is 5.91 Å². The Morgan fingerprint density at radius 3 is 2.62 bits per heavy atom. The van der Waals surface area contributed by atoms with E-state index >= 15 is 0 Å². The number of carbonyl (C=O) groups is 1. The van der Waals surface area contributed by atoms with Crippen molar-refractivity contribution in [2.24, 2.45) is 46.3 Å². The quantitative estimate of drug-likeness (QED) is 0.471. The first-order chi connectivity index (χ1) is 13.7. The largest absolute Gasteiger partial charge is 0.338 e. The Morgan fingerprint density at radius 2 is 1.90 bits per heavy atom. The molecule has 3 unspecified atom stereocenters. The van der Waals surface area contributed by atoms with E-state index in [1.165, 1.54) is 57.8 Å². The van der Waals surface area contributed by atoms with Crippen molar-refractivity contribution in [3.8, 4) is 0 Å². The van der Waals surface area contributed by atoms with Gasteiger partial charge < -0.3 is 4.90 Å². The van der Waals surface area contributed by atoms with Crippen molar-refractivity contribution in [3.63, 3.8) is 0 Å². The van der Waals surface area contributed by atoms with Gasteiger partial charge in [0, 0.05) is 18.5 Å². The second-order valence-corrected chi connectivity index (χ2v) is 12.2. The topological polar surface area (TPSA) is 20.3 Å². The minimum absolute atomic E-state index is 0.177. The Balaban J connectivity index is 1.52. The molecule has 4 rings (SSSR count). The predicted molar refractivity (Wildman–Crippen MR) is 121 cm³/mol. The molecule has 0 aromatic heterocycles. The van der Waals surface area contributed by atoms with Gasteiger partial charge in [-0.15, -0.1) is 0 Å². The van der Waals surface area contributed by atoms with Gasteiger partial charge in [-0.2, -0.15) is 0 Å². The van der Waals surface area contributed by atoms with Gasteiger partial charge in [-0.3, -0.25) is 4.79 Å². The van der Waals surface area contributed by atoms with E-state index in [0.29, 0.717) is 11.5 Å². The third-order valence-electron chi connectivity index (χ3n) is 10.3. The van der Waals surface area contributed by atoms with E-state index in [-0.39, 0.29) is 11.3 Å². The van der Waals surface area contributed by atoms with Crippen LogP contribution in [0.5, 0.6) is 0 Å². The first kappa shape index (κ1) is 21.4. The van der Waals surface area contributed by atoms with E-state index in [1.54, 1.807) is 0 Å². The number of amides is 1. The van der Waals surface area contributed by atoms with Crippen LogP contribution in [-0.4, -0.2) is 23.9 Å². The summed E-state index contributed by atoms with van der Waals surface area (Å²) in [6.07, 6.45) is 16.8. The molecule has 0 N–H and O–H groups in total. The second kappa shape index (κ2) is 7.72. The molecule has 0 bridgehead atoms. The van der Waals surface area contributed by atoms with Crippen LogP contribution in [0.3, 0.4) is 0 Å². The summed E-state index contributed by atoms with van der Waals surface area (Å²) in [5.74, 6) is 5.25. The first-order valence-corrected chi connectivity index (χ1v) is 12.6. The van der Waals surface area contributed by atoms with Gasteiger partial charge in [0.25, 0.3) is 0 Å². The van der Waals surface area contributed by atoms with E-state index < -0.39 is 0 Å². The van der Waals surface area contributed by atoms with Gasteiger partial charge in [0.15, 0.2) is 0 Å². The van der Waals surface area contributed by atoms with Crippen molar-refractivity contribution in [1.82, 2.24) is 4.90 Å². The van der Waals surface area contributed by atoms with Crippen LogP contribution in [-0.2, 0) is 4.79 Å². The van der Waals surface area contributed by atoms with Crippen molar-refractivity contribution in [3.05, 3.63) is 12.2 Å². The number of carbonyl (C=O) groups excluding carboxylic acids is 1. The average Bonchev–Trinajstić information content (AvgIpc) is 3.00. The molecule has 0 aromatic rings. The van der Waals surface area contributed by atoms with Crippen LogP contribution in [0.15, 0.2) is 12.2 Å². The molecule has 1 amide bonds. The monoisotopic (exact) mass is 399 g/mol. The standard InChI is InChI=1S/C27H45NO/c1-18(2)9-7-8-10-20-11-12-21-25-19(3)17-23-27(5,16-14-24(29)28(23)6)22(25)13-15-26(20,21)4/h14,16,18-23,25H,7-13,15,17H2,1-6H3/t19?,20?,21-,22+,23?,25-,26+,27+/m0/s1. The van der Waals surface area contributed by atoms with Gasteiger partial charge in [-0.1, -0.05) is 60.0 Å². The van der Waals surface area contributed by atoms with Gasteiger partial charge in [0.05, 0.1) is 0 Å². The van der Waals surface area contributed by atoms with Crippen LogP contribution in [0, 0.1) is 46.3 Å². The summed E-state index contributed by atoms with van der Waals surface area (Å²) in [5.41, 5.74) is 0.743. The summed E-state index contributed by atoms with van der Waals surface area (Å²) in [5, 5.41) is 0. The van der Waals surface area contributed by atoms with Gasteiger partial charge >= 0.3 is 0 Å². The fraction of sp³-hybridized carbons (Fsp3) is 0.889. The van der Waals surface area contributed by atoms with Crippen molar-refractivity contribution in [2.75, 3.05) is 7.05 Å². The molecule has 2 nitrogen and oxygen atoms in total. The van der Waals surface area contributed by atoms with Crippen LogP contribution in [0.25, 0.3) is 0 Å². The Kier molecular flexibility index (Phi) is 5.71. The van der Waals surface area contributed by atoms with Crippen LogP contribution in [0.4, 0.5) is 0 Å². The van der Waals surface area contributed by atoms with Crippen LogP contribution in [0.1, 0.15) is 92.4 Å². The molecular formula is C27H45NO. The maximum Gasteiger partial charge on any atom is 0.246 e. The number of rotatable bonds is 5. The molecular weight excluding hydrogens is 354 g/mol. The fourth-order valence-corrected chi connectivity index (χ4v) is 8.58. The third kappa shape index (κ3) is 3.41. The number of nitrogens with zero attached hydrogens (tertiary/aromatic N) is 1. The maximum absolute atomic E-state index is 12.3. The summed E-state index contributed by atoms with van der Waals surface area (Å²) in [6.45, 7) is 12.4. The SMILES string of the molecule is CC(C)CCCCC1CC[C@H]2[C@@H]3C(C)CC4N(C)C(=O)C=C[C@]4(C)[C@@H]3CC[C@]12C. The Labute approximate surface area is 179 Å². The zero-order valence-corrected chi connectivity index (χ0v) is 19.9.